The number of hydrogen-bond donors (Lipinski definition) is 2. The molecule has 0 spiro atoms. The van der Waals surface area contributed by atoms with Crippen molar-refractivity contribution in [2.75, 3.05) is 6.54 Å². The van der Waals surface area contributed by atoms with Gasteiger partial charge in [-0.2, -0.15) is 0 Å². The number of aromatic nitrogens is 1. The van der Waals surface area contributed by atoms with Crippen molar-refractivity contribution in [3.05, 3.63) is 65.2 Å². The fourth-order valence-corrected chi connectivity index (χ4v) is 3.47. The zero-order valence-corrected chi connectivity index (χ0v) is 15.9. The van der Waals surface area contributed by atoms with Crippen molar-refractivity contribution in [3.63, 3.8) is 0 Å². The van der Waals surface area contributed by atoms with Gasteiger partial charge in [-0.25, -0.2) is 4.98 Å². The Bertz CT molecular complexity index is 954. The molecule has 3 aromatic rings. The van der Waals surface area contributed by atoms with E-state index in [2.05, 4.69) is 15.0 Å². The van der Waals surface area contributed by atoms with Gasteiger partial charge in [-0.1, -0.05) is 12.1 Å². The van der Waals surface area contributed by atoms with Gasteiger partial charge in [0.25, 0.3) is 0 Å². The number of carbonyl (C=O) groups is 1. The van der Waals surface area contributed by atoms with E-state index in [9.17, 15) is 23.1 Å². The van der Waals surface area contributed by atoms with E-state index in [1.165, 1.54) is 35.6 Å². The van der Waals surface area contributed by atoms with Gasteiger partial charge in [0.05, 0.1) is 6.42 Å². The number of halogens is 3. The molecule has 9 heteroatoms. The lowest BCUT2D eigenvalue weighted by molar-refractivity contribution is -0.274. The Kier molecular flexibility index (Phi) is 6.38. The van der Waals surface area contributed by atoms with Gasteiger partial charge < -0.3 is 15.2 Å². The number of phenolic OH excluding ortho intramolecular Hbond substituents is 1. The van der Waals surface area contributed by atoms with Gasteiger partial charge in [0.15, 0.2) is 0 Å². The van der Waals surface area contributed by atoms with Crippen molar-refractivity contribution < 1.29 is 27.8 Å². The Morgan fingerprint density at radius 2 is 1.79 bits per heavy atom. The van der Waals surface area contributed by atoms with Crippen LogP contribution in [0.25, 0.3) is 10.6 Å². The average Bonchev–Trinajstić information content (AvgIpc) is 3.11. The molecule has 1 aromatic heterocycles. The molecule has 0 unspecified atom stereocenters. The largest absolute Gasteiger partial charge is 0.573 e. The lowest BCUT2D eigenvalue weighted by atomic mass is 10.1. The molecule has 0 bridgehead atoms. The molecule has 1 amide bonds. The van der Waals surface area contributed by atoms with Crippen LogP contribution < -0.4 is 10.1 Å². The van der Waals surface area contributed by atoms with Gasteiger partial charge in [0.1, 0.15) is 16.5 Å². The molecule has 1 heterocycles. The second-order valence-electron chi connectivity index (χ2n) is 6.15. The summed E-state index contributed by atoms with van der Waals surface area (Å²) in [6, 6.07) is 12.2. The minimum absolute atomic E-state index is 0.145. The zero-order valence-electron chi connectivity index (χ0n) is 15.1. The molecule has 0 aliphatic heterocycles. The Hall–Kier alpha value is -3.07. The molecule has 0 radical (unpaired) electrons. The van der Waals surface area contributed by atoms with E-state index in [4.69, 9.17) is 0 Å². The molecule has 0 atom stereocenters. The van der Waals surface area contributed by atoms with Crippen LogP contribution in [0.4, 0.5) is 13.2 Å². The van der Waals surface area contributed by atoms with Crippen molar-refractivity contribution in [1.29, 1.82) is 0 Å². The highest BCUT2D eigenvalue weighted by molar-refractivity contribution is 7.15. The minimum Gasteiger partial charge on any atom is -0.508 e. The van der Waals surface area contributed by atoms with E-state index in [0.717, 1.165) is 10.4 Å². The molecule has 0 saturated heterocycles. The Morgan fingerprint density at radius 3 is 2.45 bits per heavy atom. The molecule has 0 saturated carbocycles. The fraction of sp³-hybridized carbons (Fsp3) is 0.200. The lowest BCUT2D eigenvalue weighted by Crippen LogP contribution is -2.26. The number of phenols is 1. The first-order chi connectivity index (χ1) is 13.8. The maximum absolute atomic E-state index is 12.2. The van der Waals surface area contributed by atoms with Gasteiger partial charge in [-0.3, -0.25) is 4.79 Å². The summed E-state index contributed by atoms with van der Waals surface area (Å²) in [5.74, 6) is -0.250. The van der Waals surface area contributed by atoms with Crippen molar-refractivity contribution in [1.82, 2.24) is 10.3 Å². The van der Waals surface area contributed by atoms with Crippen LogP contribution in [0.2, 0.25) is 0 Å². The molecule has 0 aliphatic rings. The van der Waals surface area contributed by atoms with Gasteiger partial charge in [0.2, 0.25) is 5.91 Å². The molecule has 0 fully saturated rings. The van der Waals surface area contributed by atoms with Crippen molar-refractivity contribution in [3.8, 4) is 22.1 Å². The highest BCUT2D eigenvalue weighted by Crippen LogP contribution is 2.29. The molecule has 2 aromatic carbocycles. The zero-order chi connectivity index (χ0) is 20.9. The highest BCUT2D eigenvalue weighted by atomic mass is 32.1. The Balaban J connectivity index is 1.50. The molecule has 3 rings (SSSR count). The van der Waals surface area contributed by atoms with E-state index < -0.39 is 6.36 Å². The SMILES string of the molecule is O=C(Cc1cnc(-c2ccc(OC(F)(F)F)cc2)s1)NCCc1ccc(O)cc1. The quantitative estimate of drug-likeness (QED) is 0.595. The van der Waals surface area contributed by atoms with Crippen LogP contribution in [0.3, 0.4) is 0 Å². The summed E-state index contributed by atoms with van der Waals surface area (Å²) >= 11 is 1.30. The molecule has 2 N–H and O–H groups in total. The first-order valence-corrected chi connectivity index (χ1v) is 9.46. The number of thiazole rings is 1. The summed E-state index contributed by atoms with van der Waals surface area (Å²) in [5, 5.41) is 12.7. The monoisotopic (exact) mass is 422 g/mol. The molecular formula is C20H17F3N2O3S. The van der Waals surface area contributed by atoms with Gasteiger partial charge in [-0.15, -0.1) is 24.5 Å². The van der Waals surface area contributed by atoms with E-state index in [1.54, 1.807) is 30.5 Å². The van der Waals surface area contributed by atoms with Crippen LogP contribution in [0.1, 0.15) is 10.4 Å². The number of aromatic hydroxyl groups is 1. The smallest absolute Gasteiger partial charge is 0.508 e. The van der Waals surface area contributed by atoms with Crippen LogP contribution in [0, 0.1) is 0 Å². The van der Waals surface area contributed by atoms with Crippen molar-refractivity contribution in [2.24, 2.45) is 0 Å². The maximum atomic E-state index is 12.2. The van der Waals surface area contributed by atoms with Crippen LogP contribution in [0.5, 0.6) is 11.5 Å². The van der Waals surface area contributed by atoms with Gasteiger partial charge in [-0.05, 0) is 48.4 Å². The van der Waals surface area contributed by atoms with Crippen LogP contribution in [0.15, 0.2) is 54.7 Å². The van der Waals surface area contributed by atoms with Crippen molar-refractivity contribution >= 4 is 17.2 Å². The second-order valence-corrected chi connectivity index (χ2v) is 7.26. The summed E-state index contributed by atoms with van der Waals surface area (Å²) in [4.78, 5) is 17.1. The standard InChI is InChI=1S/C20H17F3N2O3S/c21-20(22,23)28-16-7-3-14(4-8-16)19-25-12-17(29-19)11-18(27)24-10-9-13-1-5-15(26)6-2-13/h1-8,12,26H,9-11H2,(H,24,27). The number of nitrogens with zero attached hydrogens (tertiary/aromatic N) is 1. The average molecular weight is 422 g/mol. The number of ether oxygens (including phenoxy) is 1. The van der Waals surface area contributed by atoms with E-state index >= 15 is 0 Å². The summed E-state index contributed by atoms with van der Waals surface area (Å²) in [6.07, 6.45) is -2.33. The van der Waals surface area contributed by atoms with Crippen LogP contribution in [-0.2, 0) is 17.6 Å². The third kappa shape index (κ3) is 6.49. The van der Waals surface area contributed by atoms with E-state index in [0.29, 0.717) is 23.5 Å². The van der Waals surface area contributed by atoms with Crippen LogP contribution in [-0.4, -0.2) is 28.9 Å². The number of alkyl halides is 3. The summed E-state index contributed by atoms with van der Waals surface area (Å²) < 4.78 is 40.5. The number of hydrogen-bond acceptors (Lipinski definition) is 5. The number of rotatable bonds is 7. The summed E-state index contributed by atoms with van der Waals surface area (Å²) in [7, 11) is 0. The van der Waals surface area contributed by atoms with E-state index in [-0.39, 0.29) is 23.8 Å². The molecule has 5 nitrogen and oxygen atoms in total. The molecular weight excluding hydrogens is 405 g/mol. The first-order valence-electron chi connectivity index (χ1n) is 8.64. The van der Waals surface area contributed by atoms with Gasteiger partial charge in [0, 0.05) is 23.2 Å². The fourth-order valence-electron chi connectivity index (χ4n) is 2.55. The lowest BCUT2D eigenvalue weighted by Gasteiger charge is -2.08. The number of benzene rings is 2. The normalized spacial score (nSPS) is 11.3. The predicted octanol–water partition coefficient (Wildman–Crippen LogP) is 4.32. The number of amides is 1. The number of carbonyl (C=O) groups excluding carboxylic acids is 1. The third-order valence-electron chi connectivity index (χ3n) is 3.90. The highest BCUT2D eigenvalue weighted by Gasteiger charge is 2.31. The maximum Gasteiger partial charge on any atom is 0.573 e. The van der Waals surface area contributed by atoms with Crippen molar-refractivity contribution in [2.45, 2.75) is 19.2 Å². The van der Waals surface area contributed by atoms with E-state index in [1.807, 2.05) is 0 Å². The Morgan fingerprint density at radius 1 is 1.10 bits per heavy atom. The predicted molar refractivity (Wildman–Crippen MR) is 103 cm³/mol. The summed E-state index contributed by atoms with van der Waals surface area (Å²) in [5.41, 5.74) is 1.64. The minimum atomic E-state index is -4.73. The molecule has 29 heavy (non-hydrogen) atoms. The Labute approximate surface area is 168 Å². The topological polar surface area (TPSA) is 71.5 Å². The third-order valence-corrected chi connectivity index (χ3v) is 4.94. The number of nitrogens with one attached hydrogen (secondary N) is 1. The van der Waals surface area contributed by atoms with Gasteiger partial charge >= 0.3 is 6.36 Å². The first kappa shape index (κ1) is 20.7. The second kappa shape index (κ2) is 8.95. The molecule has 0 aliphatic carbocycles. The summed E-state index contributed by atoms with van der Waals surface area (Å²) in [6.45, 7) is 0.468. The van der Waals surface area contributed by atoms with Crippen LogP contribution >= 0.6 is 11.3 Å². The molecule has 152 valence electrons.